The van der Waals surface area contributed by atoms with Gasteiger partial charge in [-0.15, -0.1) is 0 Å². The summed E-state index contributed by atoms with van der Waals surface area (Å²) in [6.07, 6.45) is -1.10. The van der Waals surface area contributed by atoms with E-state index in [2.05, 4.69) is 5.32 Å². The summed E-state index contributed by atoms with van der Waals surface area (Å²) in [7, 11) is 0. The SMILES string of the molecule is CC(C)(C)NC1CN(C(=O)c2cccc(F)c2)C[C@@H]1F. The van der Waals surface area contributed by atoms with E-state index in [4.69, 9.17) is 0 Å². The van der Waals surface area contributed by atoms with E-state index in [0.29, 0.717) is 6.54 Å². The summed E-state index contributed by atoms with van der Waals surface area (Å²) in [5, 5.41) is 3.17. The first-order valence-corrected chi connectivity index (χ1v) is 6.73. The van der Waals surface area contributed by atoms with Crippen molar-refractivity contribution in [3.63, 3.8) is 0 Å². The number of nitrogens with one attached hydrogen (secondary N) is 1. The fourth-order valence-corrected chi connectivity index (χ4v) is 2.43. The van der Waals surface area contributed by atoms with Crippen LogP contribution in [-0.4, -0.2) is 41.6 Å². The molecule has 1 aliphatic heterocycles. The fraction of sp³-hybridized carbons (Fsp3) is 0.533. The maximum Gasteiger partial charge on any atom is 0.254 e. The Morgan fingerprint density at radius 1 is 1.35 bits per heavy atom. The molecule has 2 rings (SSSR count). The summed E-state index contributed by atoms with van der Waals surface area (Å²) in [5.74, 6) is -0.790. The van der Waals surface area contributed by atoms with Gasteiger partial charge in [0, 0.05) is 17.6 Å². The van der Waals surface area contributed by atoms with Crippen LogP contribution in [-0.2, 0) is 0 Å². The molecule has 1 heterocycles. The third-order valence-electron chi connectivity index (χ3n) is 3.23. The lowest BCUT2D eigenvalue weighted by Crippen LogP contribution is -2.48. The first-order valence-electron chi connectivity index (χ1n) is 6.73. The molecule has 0 spiro atoms. The number of benzene rings is 1. The second-order valence-electron chi connectivity index (χ2n) is 6.24. The number of amides is 1. The minimum Gasteiger partial charge on any atom is -0.334 e. The van der Waals surface area contributed by atoms with E-state index in [9.17, 15) is 13.6 Å². The van der Waals surface area contributed by atoms with Gasteiger partial charge in [-0.25, -0.2) is 8.78 Å². The van der Waals surface area contributed by atoms with Crippen LogP contribution in [0.1, 0.15) is 31.1 Å². The highest BCUT2D eigenvalue weighted by molar-refractivity contribution is 5.94. The van der Waals surface area contributed by atoms with Gasteiger partial charge in [0.25, 0.3) is 5.91 Å². The monoisotopic (exact) mass is 282 g/mol. The van der Waals surface area contributed by atoms with Gasteiger partial charge in [0.15, 0.2) is 0 Å². The molecule has 3 nitrogen and oxygen atoms in total. The van der Waals surface area contributed by atoms with Crippen LogP contribution in [0.25, 0.3) is 0 Å². The second-order valence-corrected chi connectivity index (χ2v) is 6.24. The normalized spacial score (nSPS) is 23.1. The highest BCUT2D eigenvalue weighted by Gasteiger charge is 2.37. The summed E-state index contributed by atoms with van der Waals surface area (Å²) >= 11 is 0. The molecular weight excluding hydrogens is 262 g/mol. The number of rotatable bonds is 2. The summed E-state index contributed by atoms with van der Waals surface area (Å²) in [6, 6.07) is 5.11. The number of carbonyl (C=O) groups excluding carboxylic acids is 1. The van der Waals surface area contributed by atoms with Crippen molar-refractivity contribution in [1.82, 2.24) is 10.2 Å². The standard InChI is InChI=1S/C15H20F2N2O/c1-15(2,3)18-13-9-19(8-12(13)17)14(20)10-5-4-6-11(16)7-10/h4-7,12-13,18H,8-9H2,1-3H3/t12-,13?/m0/s1. The molecular formula is C15H20F2N2O. The van der Waals surface area contributed by atoms with E-state index in [1.165, 1.54) is 23.1 Å². The van der Waals surface area contributed by atoms with Crippen LogP contribution in [0.3, 0.4) is 0 Å². The molecule has 1 N–H and O–H groups in total. The number of alkyl halides is 1. The highest BCUT2D eigenvalue weighted by Crippen LogP contribution is 2.19. The molecule has 1 unspecified atom stereocenters. The average Bonchev–Trinajstić information content (AvgIpc) is 2.68. The van der Waals surface area contributed by atoms with Crippen LogP contribution in [0.4, 0.5) is 8.78 Å². The van der Waals surface area contributed by atoms with E-state index in [1.54, 1.807) is 6.07 Å². The third-order valence-corrected chi connectivity index (χ3v) is 3.23. The minimum atomic E-state index is -1.10. The Labute approximate surface area is 118 Å². The van der Waals surface area contributed by atoms with Crippen LogP contribution >= 0.6 is 0 Å². The average molecular weight is 282 g/mol. The molecule has 20 heavy (non-hydrogen) atoms. The van der Waals surface area contributed by atoms with Crippen molar-refractivity contribution in [2.75, 3.05) is 13.1 Å². The lowest BCUT2D eigenvalue weighted by Gasteiger charge is -2.26. The Bertz CT molecular complexity index is 499. The number of hydrogen-bond donors (Lipinski definition) is 1. The molecule has 5 heteroatoms. The molecule has 1 aliphatic rings. The molecule has 1 saturated heterocycles. The van der Waals surface area contributed by atoms with Crippen molar-refractivity contribution in [2.24, 2.45) is 0 Å². The topological polar surface area (TPSA) is 32.3 Å². The van der Waals surface area contributed by atoms with Crippen LogP contribution in [0.2, 0.25) is 0 Å². The molecule has 1 aromatic carbocycles. The molecule has 1 amide bonds. The number of hydrogen-bond acceptors (Lipinski definition) is 2. The predicted molar refractivity (Wildman–Crippen MR) is 73.9 cm³/mol. The summed E-state index contributed by atoms with van der Waals surface area (Å²) in [6.45, 7) is 6.21. The van der Waals surface area contributed by atoms with E-state index < -0.39 is 12.0 Å². The Morgan fingerprint density at radius 3 is 2.65 bits per heavy atom. The van der Waals surface area contributed by atoms with Crippen molar-refractivity contribution in [1.29, 1.82) is 0 Å². The van der Waals surface area contributed by atoms with E-state index in [0.717, 1.165) is 0 Å². The minimum absolute atomic E-state index is 0.0447. The van der Waals surface area contributed by atoms with Gasteiger partial charge in [-0.05, 0) is 39.0 Å². The van der Waals surface area contributed by atoms with Crippen molar-refractivity contribution in [2.45, 2.75) is 38.5 Å². The van der Waals surface area contributed by atoms with Crippen LogP contribution in [0.15, 0.2) is 24.3 Å². The maximum atomic E-state index is 14.0. The van der Waals surface area contributed by atoms with Crippen LogP contribution in [0.5, 0.6) is 0 Å². The molecule has 0 saturated carbocycles. The predicted octanol–water partition coefficient (Wildman–Crippen LogP) is 2.38. The van der Waals surface area contributed by atoms with E-state index >= 15 is 0 Å². The highest BCUT2D eigenvalue weighted by atomic mass is 19.1. The Kier molecular flexibility index (Phi) is 4.09. The molecule has 0 bridgehead atoms. The molecule has 0 radical (unpaired) electrons. The van der Waals surface area contributed by atoms with Crippen molar-refractivity contribution in [3.05, 3.63) is 35.6 Å². The third kappa shape index (κ3) is 3.54. The van der Waals surface area contributed by atoms with Crippen molar-refractivity contribution in [3.8, 4) is 0 Å². The van der Waals surface area contributed by atoms with E-state index in [1.807, 2.05) is 20.8 Å². The van der Waals surface area contributed by atoms with Gasteiger partial charge in [0.05, 0.1) is 12.6 Å². The zero-order valence-corrected chi connectivity index (χ0v) is 12.0. The summed E-state index contributed by atoms with van der Waals surface area (Å²) in [5.41, 5.74) is 0.0426. The Hall–Kier alpha value is -1.49. The van der Waals surface area contributed by atoms with Gasteiger partial charge in [-0.2, -0.15) is 0 Å². The second kappa shape index (κ2) is 5.48. The van der Waals surface area contributed by atoms with Gasteiger partial charge in [-0.3, -0.25) is 4.79 Å². The van der Waals surface area contributed by atoms with Gasteiger partial charge >= 0.3 is 0 Å². The summed E-state index contributed by atoms with van der Waals surface area (Å²) < 4.78 is 27.1. The number of likely N-dealkylation sites (tertiary alicyclic amines) is 1. The first kappa shape index (κ1) is 14.9. The number of nitrogens with zero attached hydrogens (tertiary/aromatic N) is 1. The van der Waals surface area contributed by atoms with Crippen LogP contribution < -0.4 is 5.32 Å². The van der Waals surface area contributed by atoms with Crippen LogP contribution in [0, 0.1) is 5.82 Å². The van der Waals surface area contributed by atoms with Gasteiger partial charge in [0.2, 0.25) is 0 Å². The maximum absolute atomic E-state index is 14.0. The molecule has 2 atom stereocenters. The Morgan fingerprint density at radius 2 is 2.05 bits per heavy atom. The first-order chi connectivity index (χ1) is 9.26. The van der Waals surface area contributed by atoms with E-state index in [-0.39, 0.29) is 29.6 Å². The lowest BCUT2D eigenvalue weighted by molar-refractivity contribution is 0.0780. The molecule has 110 valence electrons. The number of carbonyl (C=O) groups is 1. The van der Waals surface area contributed by atoms with Gasteiger partial charge < -0.3 is 10.2 Å². The molecule has 0 aromatic heterocycles. The zero-order valence-electron chi connectivity index (χ0n) is 12.0. The van der Waals surface area contributed by atoms with Gasteiger partial charge in [-0.1, -0.05) is 6.07 Å². The van der Waals surface area contributed by atoms with Gasteiger partial charge in [0.1, 0.15) is 12.0 Å². The fourth-order valence-electron chi connectivity index (χ4n) is 2.43. The summed E-state index contributed by atoms with van der Waals surface area (Å²) in [4.78, 5) is 13.7. The molecule has 1 aromatic rings. The molecule has 0 aliphatic carbocycles. The van der Waals surface area contributed by atoms with Crippen molar-refractivity contribution < 1.29 is 13.6 Å². The smallest absolute Gasteiger partial charge is 0.254 e. The quantitative estimate of drug-likeness (QED) is 0.903. The molecule has 1 fully saturated rings. The lowest BCUT2D eigenvalue weighted by atomic mass is 10.1. The Balaban J connectivity index is 2.06. The number of halogens is 2. The largest absolute Gasteiger partial charge is 0.334 e. The van der Waals surface area contributed by atoms with Crippen molar-refractivity contribution >= 4 is 5.91 Å². The zero-order chi connectivity index (χ0) is 14.9.